The van der Waals surface area contributed by atoms with Crippen molar-refractivity contribution in [1.82, 2.24) is 19.5 Å². The highest BCUT2D eigenvalue weighted by Crippen LogP contribution is 2.31. The van der Waals surface area contributed by atoms with E-state index in [0.29, 0.717) is 18.4 Å². The van der Waals surface area contributed by atoms with E-state index in [1.165, 1.54) is 32.1 Å². The molecular weight excluding hydrogens is 462 g/mol. The van der Waals surface area contributed by atoms with Gasteiger partial charge in [-0.05, 0) is 50.2 Å². The van der Waals surface area contributed by atoms with Gasteiger partial charge >= 0.3 is 0 Å². The molecule has 7 nitrogen and oxygen atoms in total. The van der Waals surface area contributed by atoms with E-state index in [1.807, 2.05) is 13.1 Å². The van der Waals surface area contributed by atoms with Gasteiger partial charge in [0, 0.05) is 48.7 Å². The maximum Gasteiger partial charge on any atom is 0.234 e. The van der Waals surface area contributed by atoms with E-state index in [-0.39, 0.29) is 18.2 Å². The van der Waals surface area contributed by atoms with Gasteiger partial charge in [0.2, 0.25) is 11.7 Å². The van der Waals surface area contributed by atoms with E-state index in [1.54, 1.807) is 0 Å². The number of hydrogen-bond donors (Lipinski definition) is 0. The van der Waals surface area contributed by atoms with E-state index >= 15 is 0 Å². The van der Waals surface area contributed by atoms with Crippen LogP contribution in [0.15, 0.2) is 24.5 Å². The number of rotatable bonds is 7. The Morgan fingerprint density at radius 1 is 1.11 bits per heavy atom. The Balaban J connectivity index is 0.00000289. The Hall–Kier alpha value is -2.69. The lowest BCUT2D eigenvalue weighted by Crippen LogP contribution is -2.20. The standard InChI is InChI=1S/C27H33N5O2.ClH/c1-19-15-22(17-29-27(19)34-14-10-20-5-3-2-4-6-20)25-23-7-11-32(18-21-8-12-33-13-9-21)26(23)31-24(16-28)30-25;/h7,11,15,17,20-21H,2-6,8-10,12-14,18H2,1H3;1H. The number of fused-ring (bicyclic) bond motifs is 1. The third-order valence-corrected chi connectivity index (χ3v) is 7.31. The van der Waals surface area contributed by atoms with Crippen LogP contribution in [0.2, 0.25) is 0 Å². The zero-order chi connectivity index (χ0) is 23.3. The average Bonchev–Trinajstić information content (AvgIpc) is 3.28. The lowest BCUT2D eigenvalue weighted by Gasteiger charge is -2.22. The molecule has 2 aliphatic rings. The molecule has 0 spiro atoms. The van der Waals surface area contributed by atoms with Gasteiger partial charge in [0.15, 0.2) is 0 Å². The molecule has 0 amide bonds. The van der Waals surface area contributed by atoms with Crippen molar-refractivity contribution in [2.45, 2.75) is 64.8 Å². The van der Waals surface area contributed by atoms with Crippen LogP contribution in [-0.4, -0.2) is 39.3 Å². The SMILES string of the molecule is Cc1cc(-c2nc(C#N)nc3c2ccn3CC2CCOCC2)cnc1OCCC1CCCCC1.Cl. The molecule has 0 bridgehead atoms. The van der Waals surface area contributed by atoms with Crippen LogP contribution in [-0.2, 0) is 11.3 Å². The molecule has 3 aromatic rings. The van der Waals surface area contributed by atoms with Crippen LogP contribution < -0.4 is 4.74 Å². The Kier molecular flexibility index (Phi) is 8.59. The van der Waals surface area contributed by atoms with Crippen molar-refractivity contribution in [3.8, 4) is 23.2 Å². The van der Waals surface area contributed by atoms with Crippen LogP contribution in [0.25, 0.3) is 22.3 Å². The fourth-order valence-corrected chi connectivity index (χ4v) is 5.33. The minimum Gasteiger partial charge on any atom is -0.477 e. The van der Waals surface area contributed by atoms with E-state index < -0.39 is 0 Å². The third kappa shape index (κ3) is 5.94. The van der Waals surface area contributed by atoms with Crippen LogP contribution in [0, 0.1) is 30.1 Å². The summed E-state index contributed by atoms with van der Waals surface area (Å²) in [6.45, 7) is 5.23. The Morgan fingerprint density at radius 3 is 2.66 bits per heavy atom. The number of nitriles is 1. The van der Waals surface area contributed by atoms with Crippen molar-refractivity contribution in [2.75, 3.05) is 19.8 Å². The monoisotopic (exact) mass is 495 g/mol. The third-order valence-electron chi connectivity index (χ3n) is 7.31. The van der Waals surface area contributed by atoms with Gasteiger partial charge in [-0.25, -0.2) is 15.0 Å². The second-order valence-corrected chi connectivity index (χ2v) is 9.76. The van der Waals surface area contributed by atoms with E-state index in [9.17, 15) is 5.26 Å². The summed E-state index contributed by atoms with van der Waals surface area (Å²) in [5, 5.41) is 10.5. The van der Waals surface area contributed by atoms with Gasteiger partial charge in [-0.2, -0.15) is 5.26 Å². The Bertz CT molecular complexity index is 1180. The molecule has 1 aliphatic carbocycles. The molecule has 186 valence electrons. The highest BCUT2D eigenvalue weighted by Gasteiger charge is 2.19. The Morgan fingerprint density at radius 2 is 1.91 bits per heavy atom. The largest absolute Gasteiger partial charge is 0.477 e. The number of ether oxygens (including phenoxy) is 2. The summed E-state index contributed by atoms with van der Waals surface area (Å²) < 4.78 is 13.7. The van der Waals surface area contributed by atoms with E-state index in [4.69, 9.17) is 9.47 Å². The second kappa shape index (κ2) is 11.8. The quantitative estimate of drug-likeness (QED) is 0.407. The molecule has 0 N–H and O–H groups in total. The Labute approximate surface area is 213 Å². The fraction of sp³-hybridized carbons (Fsp3) is 0.556. The van der Waals surface area contributed by atoms with Crippen LogP contribution in [0.4, 0.5) is 0 Å². The molecule has 0 radical (unpaired) electrons. The maximum absolute atomic E-state index is 9.59. The van der Waals surface area contributed by atoms with Gasteiger partial charge in [0.25, 0.3) is 0 Å². The number of aromatic nitrogens is 4. The summed E-state index contributed by atoms with van der Waals surface area (Å²) in [5.74, 6) is 2.21. The number of halogens is 1. The van der Waals surface area contributed by atoms with E-state index in [0.717, 1.165) is 72.8 Å². The molecule has 4 heterocycles. The molecule has 3 aromatic heterocycles. The van der Waals surface area contributed by atoms with Crippen molar-refractivity contribution in [2.24, 2.45) is 11.8 Å². The molecule has 0 atom stereocenters. The summed E-state index contributed by atoms with van der Waals surface area (Å²) in [7, 11) is 0. The van der Waals surface area contributed by atoms with Gasteiger partial charge in [0.05, 0.1) is 12.3 Å². The molecule has 0 aromatic carbocycles. The summed E-state index contributed by atoms with van der Waals surface area (Å²) in [4.78, 5) is 13.7. The molecule has 1 saturated heterocycles. The second-order valence-electron chi connectivity index (χ2n) is 9.76. The van der Waals surface area contributed by atoms with Crippen LogP contribution in [0.1, 0.15) is 62.8 Å². The van der Waals surface area contributed by atoms with Crippen molar-refractivity contribution in [3.05, 3.63) is 35.9 Å². The van der Waals surface area contributed by atoms with Crippen molar-refractivity contribution in [3.63, 3.8) is 0 Å². The zero-order valence-electron chi connectivity index (χ0n) is 20.4. The molecule has 1 saturated carbocycles. The van der Waals surface area contributed by atoms with E-state index in [2.05, 4.69) is 43.9 Å². The summed E-state index contributed by atoms with van der Waals surface area (Å²) in [6, 6.07) is 6.24. The topological polar surface area (TPSA) is 85.9 Å². The molecule has 8 heteroatoms. The highest BCUT2D eigenvalue weighted by molar-refractivity contribution is 5.91. The number of aryl methyl sites for hydroxylation is 1. The first-order valence-corrected chi connectivity index (χ1v) is 12.7. The zero-order valence-corrected chi connectivity index (χ0v) is 21.2. The molecule has 5 rings (SSSR count). The fourth-order valence-electron chi connectivity index (χ4n) is 5.33. The summed E-state index contributed by atoms with van der Waals surface area (Å²) in [6.07, 6.45) is 13.8. The normalized spacial score (nSPS) is 17.1. The van der Waals surface area contributed by atoms with Crippen molar-refractivity contribution >= 4 is 23.4 Å². The minimum atomic E-state index is 0. The molecular formula is C27H34ClN5O2. The summed E-state index contributed by atoms with van der Waals surface area (Å²) in [5.41, 5.74) is 3.41. The number of hydrogen-bond acceptors (Lipinski definition) is 6. The molecule has 35 heavy (non-hydrogen) atoms. The summed E-state index contributed by atoms with van der Waals surface area (Å²) >= 11 is 0. The predicted molar refractivity (Wildman–Crippen MR) is 138 cm³/mol. The molecule has 2 fully saturated rings. The first-order chi connectivity index (χ1) is 16.7. The maximum atomic E-state index is 9.59. The van der Waals surface area contributed by atoms with Crippen LogP contribution in [0.3, 0.4) is 0 Å². The smallest absolute Gasteiger partial charge is 0.234 e. The molecule has 1 aliphatic heterocycles. The van der Waals surface area contributed by atoms with Crippen LogP contribution in [0.5, 0.6) is 5.88 Å². The van der Waals surface area contributed by atoms with Gasteiger partial charge in [-0.15, -0.1) is 12.4 Å². The van der Waals surface area contributed by atoms with Gasteiger partial charge in [0.1, 0.15) is 11.7 Å². The average molecular weight is 496 g/mol. The molecule has 0 unspecified atom stereocenters. The van der Waals surface area contributed by atoms with Gasteiger partial charge in [-0.1, -0.05) is 32.1 Å². The first kappa shape index (κ1) is 25.4. The number of nitrogens with zero attached hydrogens (tertiary/aromatic N) is 5. The lowest BCUT2D eigenvalue weighted by atomic mass is 9.87. The minimum absolute atomic E-state index is 0. The van der Waals surface area contributed by atoms with Crippen LogP contribution >= 0.6 is 12.4 Å². The highest BCUT2D eigenvalue weighted by atomic mass is 35.5. The van der Waals surface area contributed by atoms with Crippen molar-refractivity contribution in [1.29, 1.82) is 5.26 Å². The number of pyridine rings is 1. The van der Waals surface area contributed by atoms with Gasteiger partial charge < -0.3 is 14.0 Å². The van der Waals surface area contributed by atoms with Crippen molar-refractivity contribution < 1.29 is 9.47 Å². The predicted octanol–water partition coefficient (Wildman–Crippen LogP) is 5.87. The van der Waals surface area contributed by atoms with Gasteiger partial charge in [-0.3, -0.25) is 0 Å². The lowest BCUT2D eigenvalue weighted by molar-refractivity contribution is 0.0616. The first-order valence-electron chi connectivity index (χ1n) is 12.7.